The Labute approximate surface area is 198 Å². The molecule has 2 aliphatic rings. The summed E-state index contributed by atoms with van der Waals surface area (Å²) in [7, 11) is 0. The summed E-state index contributed by atoms with van der Waals surface area (Å²) in [5.74, 6) is -0.139. The summed E-state index contributed by atoms with van der Waals surface area (Å²) < 4.78 is 8.26. The van der Waals surface area contributed by atoms with Crippen molar-refractivity contribution in [3.8, 4) is 0 Å². The minimum absolute atomic E-state index is 0.0299. The number of anilines is 1. The van der Waals surface area contributed by atoms with Crippen molar-refractivity contribution in [3.63, 3.8) is 0 Å². The van der Waals surface area contributed by atoms with Gasteiger partial charge in [0.15, 0.2) is 0 Å². The molecule has 2 atom stereocenters. The summed E-state index contributed by atoms with van der Waals surface area (Å²) in [4.78, 5) is 31.2. The zero-order valence-corrected chi connectivity index (χ0v) is 20.8. The maximum absolute atomic E-state index is 13.7. The summed E-state index contributed by atoms with van der Waals surface area (Å²) >= 11 is 6.72. The standard InChI is InChI=1S/C24H29N3O3S2/c1-6-26-19-10-8-7-9-17(19)21(25-12-15(4)30-16(5)13-25)18(22(26)28)11-20-23(29)27(14(2)3)24(31)32-20/h7-11,14-16H,6,12-13H2,1-5H3. The van der Waals surface area contributed by atoms with Gasteiger partial charge in [0, 0.05) is 31.1 Å². The van der Waals surface area contributed by atoms with Crippen molar-refractivity contribution in [2.45, 2.75) is 59.4 Å². The predicted molar refractivity (Wildman–Crippen MR) is 136 cm³/mol. The normalized spacial score (nSPS) is 23.2. The van der Waals surface area contributed by atoms with Crippen molar-refractivity contribution in [2.24, 2.45) is 0 Å². The van der Waals surface area contributed by atoms with Crippen LogP contribution in [0.1, 0.15) is 40.2 Å². The summed E-state index contributed by atoms with van der Waals surface area (Å²) in [6.07, 6.45) is 1.83. The molecule has 2 saturated heterocycles. The van der Waals surface area contributed by atoms with E-state index in [0.29, 0.717) is 34.4 Å². The van der Waals surface area contributed by atoms with Gasteiger partial charge in [-0.2, -0.15) is 0 Å². The average Bonchev–Trinajstić information content (AvgIpc) is 3.01. The first-order valence-corrected chi connectivity index (χ1v) is 12.3. The lowest BCUT2D eigenvalue weighted by molar-refractivity contribution is -0.123. The largest absolute Gasteiger partial charge is 0.372 e. The number of morpholine rings is 1. The van der Waals surface area contributed by atoms with E-state index in [1.54, 1.807) is 15.5 Å². The van der Waals surface area contributed by atoms with Gasteiger partial charge in [-0.3, -0.25) is 14.5 Å². The number of thiocarbonyl (C=S) groups is 1. The molecule has 2 aliphatic heterocycles. The summed E-state index contributed by atoms with van der Waals surface area (Å²) in [5, 5.41) is 1.00. The van der Waals surface area contributed by atoms with E-state index in [0.717, 1.165) is 16.6 Å². The van der Waals surface area contributed by atoms with Crippen LogP contribution in [-0.2, 0) is 16.1 Å². The molecule has 4 rings (SSSR count). The Kier molecular flexibility index (Phi) is 6.47. The van der Waals surface area contributed by atoms with Gasteiger partial charge in [0.1, 0.15) is 4.32 Å². The van der Waals surface area contributed by atoms with Gasteiger partial charge in [-0.1, -0.05) is 42.2 Å². The number of amides is 1. The molecular weight excluding hydrogens is 442 g/mol. The molecule has 0 spiro atoms. The highest BCUT2D eigenvalue weighted by atomic mass is 32.2. The maximum atomic E-state index is 13.7. The topological polar surface area (TPSA) is 54.8 Å². The summed E-state index contributed by atoms with van der Waals surface area (Å²) in [5.41, 5.74) is 2.21. The second kappa shape index (κ2) is 9.00. The van der Waals surface area contributed by atoms with Crippen LogP contribution in [0.3, 0.4) is 0 Å². The quantitative estimate of drug-likeness (QED) is 0.491. The third-order valence-electron chi connectivity index (χ3n) is 5.85. The van der Waals surface area contributed by atoms with Crippen LogP contribution in [0.5, 0.6) is 0 Å². The first-order chi connectivity index (χ1) is 15.2. The van der Waals surface area contributed by atoms with Gasteiger partial charge in [0.25, 0.3) is 11.5 Å². The molecule has 1 aromatic carbocycles. The molecule has 1 aromatic heterocycles. The fourth-order valence-corrected chi connectivity index (χ4v) is 6.12. The summed E-state index contributed by atoms with van der Waals surface area (Å²) in [6.45, 7) is 11.8. The van der Waals surface area contributed by atoms with Crippen molar-refractivity contribution in [2.75, 3.05) is 18.0 Å². The smallest absolute Gasteiger partial charge is 0.266 e. The molecule has 0 aliphatic carbocycles. The number of para-hydroxylation sites is 1. The van der Waals surface area contributed by atoms with Crippen LogP contribution in [0.2, 0.25) is 0 Å². The number of hydrogen-bond donors (Lipinski definition) is 0. The number of nitrogens with zero attached hydrogens (tertiary/aromatic N) is 3. The van der Waals surface area contributed by atoms with E-state index in [1.807, 2.05) is 52.8 Å². The minimum Gasteiger partial charge on any atom is -0.372 e. The molecule has 1 amide bonds. The van der Waals surface area contributed by atoms with E-state index >= 15 is 0 Å². The highest BCUT2D eigenvalue weighted by Gasteiger charge is 2.35. The van der Waals surface area contributed by atoms with E-state index in [1.165, 1.54) is 11.8 Å². The number of aryl methyl sites for hydroxylation is 1. The molecule has 2 fully saturated rings. The molecule has 0 saturated carbocycles. The number of rotatable bonds is 4. The van der Waals surface area contributed by atoms with E-state index < -0.39 is 0 Å². The number of ether oxygens (including phenoxy) is 1. The minimum atomic E-state index is -0.139. The predicted octanol–water partition coefficient (Wildman–Crippen LogP) is 4.24. The van der Waals surface area contributed by atoms with Crippen molar-refractivity contribution >= 4 is 56.9 Å². The molecule has 32 heavy (non-hydrogen) atoms. The average molecular weight is 472 g/mol. The Morgan fingerprint density at radius 1 is 1.19 bits per heavy atom. The Hall–Kier alpha value is -2.16. The van der Waals surface area contributed by atoms with Crippen LogP contribution in [0.15, 0.2) is 34.0 Å². The van der Waals surface area contributed by atoms with Crippen molar-refractivity contribution < 1.29 is 9.53 Å². The lowest BCUT2D eigenvalue weighted by Gasteiger charge is -2.38. The Balaban J connectivity index is 1.98. The monoisotopic (exact) mass is 471 g/mol. The molecule has 170 valence electrons. The summed E-state index contributed by atoms with van der Waals surface area (Å²) in [6, 6.07) is 7.95. The third kappa shape index (κ3) is 4.00. The number of thioether (sulfide) groups is 1. The molecule has 6 nitrogen and oxygen atoms in total. The molecule has 3 heterocycles. The second-order valence-electron chi connectivity index (χ2n) is 8.64. The van der Waals surface area contributed by atoms with Crippen LogP contribution in [-0.4, -0.2) is 51.0 Å². The Bertz CT molecular complexity index is 1160. The van der Waals surface area contributed by atoms with Crippen LogP contribution >= 0.6 is 24.0 Å². The first-order valence-electron chi connectivity index (χ1n) is 11.1. The molecule has 0 N–H and O–H groups in total. The second-order valence-corrected chi connectivity index (χ2v) is 10.3. The number of carbonyl (C=O) groups excluding carboxylic acids is 1. The molecule has 0 radical (unpaired) electrons. The van der Waals surface area contributed by atoms with Crippen LogP contribution < -0.4 is 10.5 Å². The number of pyridine rings is 1. The highest BCUT2D eigenvalue weighted by molar-refractivity contribution is 8.26. The molecule has 2 unspecified atom stereocenters. The van der Waals surface area contributed by atoms with Gasteiger partial charge < -0.3 is 14.2 Å². The van der Waals surface area contributed by atoms with Crippen LogP contribution in [0, 0.1) is 0 Å². The lowest BCUT2D eigenvalue weighted by Crippen LogP contribution is -2.46. The van der Waals surface area contributed by atoms with Crippen LogP contribution in [0.4, 0.5) is 5.69 Å². The fourth-order valence-electron chi connectivity index (χ4n) is 4.61. The van der Waals surface area contributed by atoms with Gasteiger partial charge in [-0.25, -0.2) is 0 Å². The first kappa shape index (κ1) is 23.0. The van der Waals surface area contributed by atoms with E-state index in [9.17, 15) is 9.59 Å². The maximum Gasteiger partial charge on any atom is 0.266 e. The third-order valence-corrected chi connectivity index (χ3v) is 7.18. The Morgan fingerprint density at radius 2 is 1.84 bits per heavy atom. The van der Waals surface area contributed by atoms with Gasteiger partial charge in [0.2, 0.25) is 0 Å². The van der Waals surface area contributed by atoms with Gasteiger partial charge in [-0.05, 0) is 46.8 Å². The molecule has 0 bridgehead atoms. The SMILES string of the molecule is CCn1c(=O)c(C=C2SC(=S)N(C(C)C)C2=O)c(N2CC(C)OC(C)C2)c2ccccc21. The van der Waals surface area contributed by atoms with Crippen molar-refractivity contribution in [3.05, 3.63) is 45.1 Å². The van der Waals surface area contributed by atoms with Crippen molar-refractivity contribution in [1.82, 2.24) is 9.47 Å². The zero-order chi connectivity index (χ0) is 23.2. The van der Waals surface area contributed by atoms with Gasteiger partial charge >= 0.3 is 0 Å². The lowest BCUT2D eigenvalue weighted by atomic mass is 10.0. The van der Waals surface area contributed by atoms with E-state index in [4.69, 9.17) is 17.0 Å². The number of carbonyl (C=O) groups is 1. The number of aromatic nitrogens is 1. The zero-order valence-electron chi connectivity index (χ0n) is 19.1. The molecular formula is C24H29N3O3S2. The number of hydrogen-bond acceptors (Lipinski definition) is 6. The van der Waals surface area contributed by atoms with Gasteiger partial charge in [-0.15, -0.1) is 0 Å². The van der Waals surface area contributed by atoms with E-state index in [-0.39, 0.29) is 29.7 Å². The molecule has 8 heteroatoms. The Morgan fingerprint density at radius 3 is 2.44 bits per heavy atom. The highest BCUT2D eigenvalue weighted by Crippen LogP contribution is 2.37. The van der Waals surface area contributed by atoms with Crippen LogP contribution in [0.25, 0.3) is 17.0 Å². The number of benzene rings is 1. The fraction of sp³-hybridized carbons (Fsp3) is 0.458. The number of fused-ring (bicyclic) bond motifs is 1. The van der Waals surface area contributed by atoms with E-state index in [2.05, 4.69) is 11.0 Å². The molecule has 2 aromatic rings. The van der Waals surface area contributed by atoms with Gasteiger partial charge in [0.05, 0.1) is 33.9 Å². The van der Waals surface area contributed by atoms with Crippen molar-refractivity contribution in [1.29, 1.82) is 0 Å².